The first-order valence-electron chi connectivity index (χ1n) is 11.7. The molecule has 0 saturated heterocycles. The molecule has 2 nitrogen and oxygen atoms in total. The molecule has 4 saturated carbocycles. The minimum Gasteiger partial charge on any atom is -0.393 e. The van der Waals surface area contributed by atoms with Gasteiger partial charge in [-0.1, -0.05) is 40.5 Å². The molecule has 3 unspecified atom stereocenters. The van der Waals surface area contributed by atoms with Crippen LogP contribution in [0.5, 0.6) is 0 Å². The number of hydrogen-bond donors (Lipinski definition) is 2. The second-order valence-corrected chi connectivity index (χ2v) is 11.2. The van der Waals surface area contributed by atoms with Gasteiger partial charge in [-0.25, -0.2) is 0 Å². The Morgan fingerprint density at radius 2 is 1.73 bits per heavy atom. The molecule has 4 rings (SSSR count). The van der Waals surface area contributed by atoms with E-state index in [9.17, 15) is 10.2 Å². The summed E-state index contributed by atoms with van der Waals surface area (Å²) in [5.41, 5.74) is 0.505. The van der Waals surface area contributed by atoms with Crippen LogP contribution in [0.25, 0.3) is 0 Å². The van der Waals surface area contributed by atoms with Gasteiger partial charge < -0.3 is 10.2 Å². The van der Waals surface area contributed by atoms with Gasteiger partial charge >= 0.3 is 0 Å². The summed E-state index contributed by atoms with van der Waals surface area (Å²) in [5.74, 6) is 4.37. The van der Waals surface area contributed by atoms with Crippen LogP contribution in [0.4, 0.5) is 0 Å². The van der Waals surface area contributed by atoms with Crippen molar-refractivity contribution in [1.82, 2.24) is 0 Å². The largest absolute Gasteiger partial charge is 0.393 e. The predicted molar refractivity (Wildman–Crippen MR) is 107 cm³/mol. The van der Waals surface area contributed by atoms with Gasteiger partial charge in [0.25, 0.3) is 0 Å². The number of aliphatic hydroxyl groups excluding tert-OH is 2. The van der Waals surface area contributed by atoms with Crippen LogP contribution in [0, 0.1) is 46.3 Å². The van der Waals surface area contributed by atoms with Crippen molar-refractivity contribution in [3.63, 3.8) is 0 Å². The molecule has 0 spiro atoms. The van der Waals surface area contributed by atoms with Crippen LogP contribution in [0.2, 0.25) is 0 Å². The molecular formula is C24H42O2. The van der Waals surface area contributed by atoms with E-state index in [1.165, 1.54) is 44.9 Å². The fraction of sp³-hybridized carbons (Fsp3) is 1.00. The highest BCUT2D eigenvalue weighted by Crippen LogP contribution is 2.68. The zero-order chi connectivity index (χ0) is 18.7. The molecule has 4 aliphatic rings. The lowest BCUT2D eigenvalue weighted by Gasteiger charge is -2.62. The molecule has 0 radical (unpaired) electrons. The summed E-state index contributed by atoms with van der Waals surface area (Å²) in [6.07, 6.45) is 11.9. The van der Waals surface area contributed by atoms with Gasteiger partial charge in [-0.05, 0) is 97.7 Å². The van der Waals surface area contributed by atoms with Crippen molar-refractivity contribution in [1.29, 1.82) is 0 Å². The third kappa shape index (κ3) is 2.65. The topological polar surface area (TPSA) is 40.5 Å². The van der Waals surface area contributed by atoms with Gasteiger partial charge in [-0.15, -0.1) is 0 Å². The van der Waals surface area contributed by atoms with Gasteiger partial charge in [0.05, 0.1) is 12.2 Å². The number of rotatable bonds is 3. The first kappa shape index (κ1) is 19.2. The van der Waals surface area contributed by atoms with E-state index < -0.39 is 0 Å². The average Bonchev–Trinajstić information content (AvgIpc) is 2.96. The van der Waals surface area contributed by atoms with E-state index in [1.807, 2.05) is 0 Å². The van der Waals surface area contributed by atoms with Crippen molar-refractivity contribution in [2.75, 3.05) is 0 Å². The Morgan fingerprint density at radius 3 is 2.46 bits per heavy atom. The van der Waals surface area contributed by atoms with Crippen LogP contribution in [-0.2, 0) is 0 Å². The SMILES string of the molecule is CCC[C@@H](C)[C@H]1CCC2C3CC[C@@H]4C[C@H](O)CC[C@]4(C)C3C[C@H](O)[C@@]21C. The van der Waals surface area contributed by atoms with Crippen LogP contribution < -0.4 is 0 Å². The lowest BCUT2D eigenvalue weighted by atomic mass is 9.43. The third-order valence-corrected chi connectivity index (χ3v) is 10.2. The molecule has 2 heteroatoms. The molecule has 0 aliphatic heterocycles. The van der Waals surface area contributed by atoms with Crippen LogP contribution in [0.3, 0.4) is 0 Å². The Bertz CT molecular complexity index is 518. The maximum atomic E-state index is 11.5. The maximum absolute atomic E-state index is 11.5. The quantitative estimate of drug-likeness (QED) is 0.704. The summed E-state index contributed by atoms with van der Waals surface area (Å²) < 4.78 is 0. The highest BCUT2D eigenvalue weighted by atomic mass is 16.3. The molecule has 0 heterocycles. The van der Waals surface area contributed by atoms with Crippen molar-refractivity contribution >= 4 is 0 Å². The molecule has 0 bridgehead atoms. The van der Waals surface area contributed by atoms with Gasteiger partial charge in [0, 0.05) is 0 Å². The van der Waals surface area contributed by atoms with Gasteiger partial charge in [0.1, 0.15) is 0 Å². The lowest BCUT2D eigenvalue weighted by Crippen LogP contribution is -2.58. The summed E-state index contributed by atoms with van der Waals surface area (Å²) in [5, 5.41) is 21.7. The summed E-state index contributed by atoms with van der Waals surface area (Å²) in [4.78, 5) is 0. The molecule has 26 heavy (non-hydrogen) atoms. The van der Waals surface area contributed by atoms with Crippen LogP contribution in [-0.4, -0.2) is 22.4 Å². The van der Waals surface area contributed by atoms with Crippen molar-refractivity contribution in [3.8, 4) is 0 Å². The highest BCUT2D eigenvalue weighted by Gasteiger charge is 2.63. The zero-order valence-electron chi connectivity index (χ0n) is 17.6. The first-order valence-corrected chi connectivity index (χ1v) is 11.7. The normalized spacial score (nSPS) is 54.9. The van der Waals surface area contributed by atoms with Crippen molar-refractivity contribution in [3.05, 3.63) is 0 Å². The smallest absolute Gasteiger partial charge is 0.0602 e. The number of aliphatic hydroxyl groups is 2. The molecular weight excluding hydrogens is 320 g/mol. The Balaban J connectivity index is 1.61. The predicted octanol–water partition coefficient (Wildman–Crippen LogP) is 5.41. The summed E-state index contributed by atoms with van der Waals surface area (Å²) in [6, 6.07) is 0. The fourth-order valence-corrected chi connectivity index (χ4v) is 8.82. The molecule has 0 amide bonds. The monoisotopic (exact) mass is 362 g/mol. The van der Waals surface area contributed by atoms with E-state index in [-0.39, 0.29) is 17.6 Å². The van der Waals surface area contributed by atoms with Crippen molar-refractivity contribution in [2.24, 2.45) is 46.3 Å². The van der Waals surface area contributed by atoms with Crippen LogP contribution in [0.1, 0.15) is 91.9 Å². The molecule has 150 valence electrons. The van der Waals surface area contributed by atoms with Gasteiger partial charge in [0.15, 0.2) is 0 Å². The second-order valence-electron chi connectivity index (χ2n) is 11.2. The molecule has 0 aromatic carbocycles. The highest BCUT2D eigenvalue weighted by molar-refractivity contribution is 5.12. The number of hydrogen-bond acceptors (Lipinski definition) is 2. The average molecular weight is 363 g/mol. The molecule has 4 aliphatic carbocycles. The molecule has 0 aromatic rings. The molecule has 10 atom stereocenters. The van der Waals surface area contributed by atoms with E-state index in [0.29, 0.717) is 23.2 Å². The Labute approximate surface area is 161 Å². The van der Waals surface area contributed by atoms with Gasteiger partial charge in [-0.2, -0.15) is 0 Å². The van der Waals surface area contributed by atoms with E-state index >= 15 is 0 Å². The standard InChI is InChI=1S/C24H42O2/c1-5-6-15(2)19-9-10-20-18-8-7-16-13-17(25)11-12-23(16,3)21(18)14-22(26)24(19,20)4/h15-22,25-26H,5-14H2,1-4H3/t15-,16-,17-,18?,19-,20?,21?,22+,23+,24-/m1/s1. The minimum atomic E-state index is -0.122. The lowest BCUT2D eigenvalue weighted by molar-refractivity contribution is -0.174. The summed E-state index contributed by atoms with van der Waals surface area (Å²) in [7, 11) is 0. The fourth-order valence-electron chi connectivity index (χ4n) is 8.82. The summed E-state index contributed by atoms with van der Waals surface area (Å²) in [6.45, 7) is 9.73. The molecule has 0 aromatic heterocycles. The van der Waals surface area contributed by atoms with Gasteiger partial charge in [-0.3, -0.25) is 0 Å². The van der Waals surface area contributed by atoms with E-state index in [1.54, 1.807) is 0 Å². The first-order chi connectivity index (χ1) is 12.3. The van der Waals surface area contributed by atoms with Crippen LogP contribution >= 0.6 is 0 Å². The second kappa shape index (κ2) is 6.76. The Kier molecular flexibility index (Phi) is 5.01. The zero-order valence-corrected chi connectivity index (χ0v) is 17.6. The van der Waals surface area contributed by atoms with Crippen molar-refractivity contribution < 1.29 is 10.2 Å². The van der Waals surface area contributed by atoms with E-state index in [0.717, 1.165) is 37.0 Å². The maximum Gasteiger partial charge on any atom is 0.0602 e. The van der Waals surface area contributed by atoms with Crippen LogP contribution in [0.15, 0.2) is 0 Å². The third-order valence-electron chi connectivity index (χ3n) is 10.2. The minimum absolute atomic E-state index is 0.0749. The summed E-state index contributed by atoms with van der Waals surface area (Å²) >= 11 is 0. The number of fused-ring (bicyclic) bond motifs is 5. The molecule has 4 fully saturated rings. The van der Waals surface area contributed by atoms with E-state index in [2.05, 4.69) is 27.7 Å². The van der Waals surface area contributed by atoms with Gasteiger partial charge in [0.2, 0.25) is 0 Å². The van der Waals surface area contributed by atoms with E-state index in [4.69, 9.17) is 0 Å². The Hall–Kier alpha value is -0.0800. The Morgan fingerprint density at radius 1 is 0.962 bits per heavy atom. The van der Waals surface area contributed by atoms with Crippen molar-refractivity contribution in [2.45, 2.75) is 104 Å². The molecule has 2 N–H and O–H groups in total.